The number of carbonyl (C=O) groups is 1. The first-order valence-electron chi connectivity index (χ1n) is 10.1. The van der Waals surface area contributed by atoms with Crippen molar-refractivity contribution in [3.63, 3.8) is 0 Å². The Bertz CT molecular complexity index is 1020. The molecule has 0 saturated carbocycles. The Hall–Kier alpha value is -3.06. The molecule has 1 amide bonds. The molecule has 6 nitrogen and oxygen atoms in total. The maximum atomic E-state index is 13.4. The lowest BCUT2D eigenvalue weighted by Crippen LogP contribution is -2.44. The van der Waals surface area contributed by atoms with Crippen LogP contribution in [0.4, 0.5) is 4.39 Å². The Morgan fingerprint density at radius 2 is 1.77 bits per heavy atom. The van der Waals surface area contributed by atoms with E-state index in [0.29, 0.717) is 31.1 Å². The second-order valence-electron chi connectivity index (χ2n) is 7.85. The zero-order valence-electron chi connectivity index (χ0n) is 17.2. The van der Waals surface area contributed by atoms with Gasteiger partial charge in [-0.25, -0.2) is 9.07 Å². The first kappa shape index (κ1) is 20.2. The molecule has 2 heterocycles. The van der Waals surface area contributed by atoms with Crippen LogP contribution in [0.3, 0.4) is 0 Å². The Morgan fingerprint density at radius 3 is 2.43 bits per heavy atom. The van der Waals surface area contributed by atoms with Crippen molar-refractivity contribution >= 4 is 5.91 Å². The molecule has 0 unspecified atom stereocenters. The highest BCUT2D eigenvalue weighted by molar-refractivity contribution is 5.93. The van der Waals surface area contributed by atoms with Gasteiger partial charge in [-0.2, -0.15) is 0 Å². The largest absolute Gasteiger partial charge is 0.381 e. The fourth-order valence-corrected chi connectivity index (χ4v) is 3.94. The van der Waals surface area contributed by atoms with Gasteiger partial charge in [0.15, 0.2) is 5.69 Å². The lowest BCUT2D eigenvalue weighted by Gasteiger charge is -2.37. The average Bonchev–Trinajstić information content (AvgIpc) is 3.15. The predicted octanol–water partition coefficient (Wildman–Crippen LogP) is 3.50. The van der Waals surface area contributed by atoms with Gasteiger partial charge >= 0.3 is 0 Å². The topological polar surface area (TPSA) is 69.0 Å². The minimum atomic E-state index is -0.289. The second kappa shape index (κ2) is 8.36. The fraction of sp³-hybridized carbons (Fsp3) is 0.348. The van der Waals surface area contributed by atoms with E-state index < -0.39 is 0 Å². The number of halogens is 1. The van der Waals surface area contributed by atoms with Crippen LogP contribution in [0.15, 0.2) is 48.5 Å². The molecule has 1 aliphatic heterocycles. The third kappa shape index (κ3) is 3.98. The maximum absolute atomic E-state index is 13.4. The zero-order valence-corrected chi connectivity index (χ0v) is 17.2. The number of rotatable bonds is 5. The van der Waals surface area contributed by atoms with E-state index in [1.807, 2.05) is 38.1 Å². The second-order valence-corrected chi connectivity index (χ2v) is 7.85. The summed E-state index contributed by atoms with van der Waals surface area (Å²) in [5.41, 5.74) is 3.71. The van der Waals surface area contributed by atoms with Crippen molar-refractivity contribution < 1.29 is 13.9 Å². The van der Waals surface area contributed by atoms with E-state index in [2.05, 4.69) is 15.6 Å². The number of hydrogen-bond acceptors (Lipinski definition) is 4. The van der Waals surface area contributed by atoms with Crippen LogP contribution in [-0.2, 0) is 10.2 Å². The summed E-state index contributed by atoms with van der Waals surface area (Å²) >= 11 is 0. The summed E-state index contributed by atoms with van der Waals surface area (Å²) in [7, 11) is 0. The molecule has 2 aromatic carbocycles. The molecule has 0 bridgehead atoms. The summed E-state index contributed by atoms with van der Waals surface area (Å²) in [6.45, 7) is 5.49. The van der Waals surface area contributed by atoms with Gasteiger partial charge in [-0.05, 0) is 56.5 Å². The van der Waals surface area contributed by atoms with Gasteiger partial charge in [-0.1, -0.05) is 35.0 Å². The minimum Gasteiger partial charge on any atom is -0.381 e. The van der Waals surface area contributed by atoms with Crippen LogP contribution in [0, 0.1) is 19.7 Å². The highest BCUT2D eigenvalue weighted by Gasteiger charge is 2.35. The molecule has 0 spiro atoms. The average molecular weight is 408 g/mol. The number of nitrogens with zero attached hydrogens (tertiary/aromatic N) is 3. The van der Waals surface area contributed by atoms with E-state index in [0.717, 1.165) is 29.7 Å². The third-order valence-corrected chi connectivity index (χ3v) is 5.88. The van der Waals surface area contributed by atoms with Crippen LogP contribution in [0.1, 0.15) is 40.2 Å². The van der Waals surface area contributed by atoms with Crippen molar-refractivity contribution in [2.45, 2.75) is 32.1 Å². The van der Waals surface area contributed by atoms with Gasteiger partial charge < -0.3 is 10.1 Å². The van der Waals surface area contributed by atoms with Crippen molar-refractivity contribution in [3.8, 4) is 5.69 Å². The molecule has 1 aliphatic rings. The van der Waals surface area contributed by atoms with Crippen LogP contribution in [-0.4, -0.2) is 40.7 Å². The predicted molar refractivity (Wildman–Crippen MR) is 111 cm³/mol. The van der Waals surface area contributed by atoms with Gasteiger partial charge in [0.25, 0.3) is 5.91 Å². The van der Waals surface area contributed by atoms with Crippen LogP contribution < -0.4 is 5.32 Å². The van der Waals surface area contributed by atoms with E-state index in [4.69, 9.17) is 4.74 Å². The molecular weight excluding hydrogens is 383 g/mol. The molecule has 1 saturated heterocycles. The minimum absolute atomic E-state index is 0.265. The number of aryl methyl sites for hydroxylation is 1. The molecule has 1 aromatic heterocycles. The normalized spacial score (nSPS) is 15.7. The van der Waals surface area contributed by atoms with Crippen molar-refractivity contribution in [2.75, 3.05) is 19.8 Å². The number of hydrogen-bond donors (Lipinski definition) is 1. The van der Waals surface area contributed by atoms with Gasteiger partial charge in [0.1, 0.15) is 5.82 Å². The number of aromatic nitrogens is 3. The van der Waals surface area contributed by atoms with Crippen molar-refractivity contribution in [1.82, 2.24) is 20.3 Å². The van der Waals surface area contributed by atoms with Gasteiger partial charge in [0, 0.05) is 25.2 Å². The summed E-state index contributed by atoms with van der Waals surface area (Å²) in [5, 5.41) is 11.3. The van der Waals surface area contributed by atoms with Crippen LogP contribution >= 0.6 is 0 Å². The number of ether oxygens (including phenoxy) is 1. The molecule has 0 atom stereocenters. The molecule has 1 N–H and O–H groups in total. The van der Waals surface area contributed by atoms with Crippen LogP contribution in [0.25, 0.3) is 5.69 Å². The van der Waals surface area contributed by atoms with Crippen molar-refractivity contribution in [3.05, 3.63) is 76.9 Å². The highest BCUT2D eigenvalue weighted by Crippen LogP contribution is 2.34. The molecule has 156 valence electrons. The lowest BCUT2D eigenvalue weighted by atomic mass is 9.74. The van der Waals surface area contributed by atoms with Crippen LogP contribution in [0.5, 0.6) is 0 Å². The number of amides is 1. The van der Waals surface area contributed by atoms with Gasteiger partial charge in [-0.15, -0.1) is 5.10 Å². The Kier molecular flexibility index (Phi) is 5.63. The molecule has 1 fully saturated rings. The fourth-order valence-electron chi connectivity index (χ4n) is 3.94. The number of carbonyl (C=O) groups excluding carboxylic acids is 1. The summed E-state index contributed by atoms with van der Waals surface area (Å²) < 4.78 is 20.6. The Morgan fingerprint density at radius 1 is 1.10 bits per heavy atom. The van der Waals surface area contributed by atoms with Crippen LogP contribution in [0.2, 0.25) is 0 Å². The maximum Gasteiger partial charge on any atom is 0.273 e. The standard InChI is InChI=1S/C23H25FN4O2/c1-16-3-9-20(10-4-16)28-17(2)21(26-27-28)22(29)25-15-23(11-13-30-14-12-23)18-5-7-19(24)8-6-18/h3-10H,11-15H2,1-2H3,(H,25,29). The Labute approximate surface area is 175 Å². The number of benzene rings is 2. The lowest BCUT2D eigenvalue weighted by molar-refractivity contribution is 0.0486. The SMILES string of the molecule is Cc1ccc(-n2nnc(C(=O)NCC3(c4ccc(F)cc4)CCOCC3)c2C)cc1. The first-order chi connectivity index (χ1) is 14.5. The molecule has 4 rings (SSSR count). The van der Waals surface area contributed by atoms with Gasteiger partial charge in [0.2, 0.25) is 0 Å². The number of nitrogens with one attached hydrogen (secondary N) is 1. The quantitative estimate of drug-likeness (QED) is 0.702. The Balaban J connectivity index is 1.53. The van der Waals surface area contributed by atoms with E-state index in [9.17, 15) is 9.18 Å². The molecule has 7 heteroatoms. The van der Waals surface area contributed by atoms with Gasteiger partial charge in [-0.3, -0.25) is 4.79 Å². The smallest absolute Gasteiger partial charge is 0.273 e. The molecule has 3 aromatic rings. The van der Waals surface area contributed by atoms with Crippen molar-refractivity contribution in [1.29, 1.82) is 0 Å². The molecule has 0 radical (unpaired) electrons. The summed E-state index contributed by atoms with van der Waals surface area (Å²) in [4.78, 5) is 12.9. The summed E-state index contributed by atoms with van der Waals surface area (Å²) in [6, 6.07) is 14.4. The third-order valence-electron chi connectivity index (χ3n) is 5.88. The molecular formula is C23H25FN4O2. The van der Waals surface area contributed by atoms with Gasteiger partial charge in [0.05, 0.1) is 11.4 Å². The van der Waals surface area contributed by atoms with E-state index in [1.165, 1.54) is 12.1 Å². The molecule has 0 aliphatic carbocycles. The van der Waals surface area contributed by atoms with Crippen molar-refractivity contribution in [2.24, 2.45) is 0 Å². The van der Waals surface area contributed by atoms with E-state index >= 15 is 0 Å². The van der Waals surface area contributed by atoms with E-state index in [1.54, 1.807) is 16.8 Å². The summed E-state index contributed by atoms with van der Waals surface area (Å²) in [5.74, 6) is -0.535. The summed E-state index contributed by atoms with van der Waals surface area (Å²) in [6.07, 6.45) is 1.52. The molecule has 30 heavy (non-hydrogen) atoms. The first-order valence-corrected chi connectivity index (χ1v) is 10.1. The zero-order chi connectivity index (χ0) is 21.1. The van der Waals surface area contributed by atoms with E-state index in [-0.39, 0.29) is 17.1 Å². The monoisotopic (exact) mass is 408 g/mol. The highest BCUT2D eigenvalue weighted by atomic mass is 19.1.